The van der Waals surface area contributed by atoms with Gasteiger partial charge < -0.3 is 14.7 Å². The van der Waals surface area contributed by atoms with Crippen LogP contribution in [0.1, 0.15) is 48.4 Å². The predicted octanol–water partition coefficient (Wildman–Crippen LogP) is 3.29. The van der Waals surface area contributed by atoms with E-state index in [1.807, 2.05) is 18.3 Å². The molecule has 1 saturated carbocycles. The molecule has 10 nitrogen and oxygen atoms in total. The van der Waals surface area contributed by atoms with E-state index in [2.05, 4.69) is 47.0 Å². The number of fused-ring (bicyclic) bond motifs is 3. The van der Waals surface area contributed by atoms with Gasteiger partial charge in [-0.3, -0.25) is 14.3 Å². The number of furan rings is 1. The van der Waals surface area contributed by atoms with Crippen molar-refractivity contribution in [2.75, 3.05) is 0 Å². The second kappa shape index (κ2) is 7.33. The van der Waals surface area contributed by atoms with Crippen LogP contribution in [0.5, 0.6) is 0 Å². The molecule has 5 aromatic rings. The Hall–Kier alpha value is -3.95. The number of nitrogens with zero attached hydrogens (tertiary/aromatic N) is 5. The molecule has 3 atom stereocenters. The van der Waals surface area contributed by atoms with Crippen LogP contribution in [0, 0.1) is 5.92 Å². The van der Waals surface area contributed by atoms with Crippen LogP contribution in [0.3, 0.4) is 0 Å². The second-order valence-corrected chi connectivity index (χ2v) is 8.28. The van der Waals surface area contributed by atoms with Crippen molar-refractivity contribution in [3.05, 3.63) is 54.4 Å². The summed E-state index contributed by atoms with van der Waals surface area (Å²) in [6.07, 6.45) is 7.88. The highest BCUT2D eigenvalue weighted by molar-refractivity contribution is 5.93. The largest absolute Gasteiger partial charge is 0.463 e. The van der Waals surface area contributed by atoms with Crippen molar-refractivity contribution in [2.24, 2.45) is 5.92 Å². The van der Waals surface area contributed by atoms with Gasteiger partial charge in [0.25, 0.3) is 5.91 Å². The van der Waals surface area contributed by atoms with Crippen LogP contribution in [-0.2, 0) is 0 Å². The average Bonchev–Trinajstić information content (AvgIpc) is 3.61. The molecule has 1 fully saturated rings. The number of carbonyl (C=O) groups is 1. The molecule has 0 unspecified atom stereocenters. The van der Waals surface area contributed by atoms with Gasteiger partial charge in [-0.1, -0.05) is 13.3 Å². The van der Waals surface area contributed by atoms with Gasteiger partial charge in [0.2, 0.25) is 0 Å². The summed E-state index contributed by atoms with van der Waals surface area (Å²) in [6.45, 7) is 2.18. The van der Waals surface area contributed by atoms with Crippen molar-refractivity contribution in [1.82, 2.24) is 40.1 Å². The van der Waals surface area contributed by atoms with E-state index in [0.29, 0.717) is 23.1 Å². The molecule has 0 aromatic carbocycles. The average molecular weight is 430 g/mol. The number of nitrogens with one attached hydrogen (secondary N) is 3. The summed E-state index contributed by atoms with van der Waals surface area (Å²) >= 11 is 0. The highest BCUT2D eigenvalue weighted by Crippen LogP contribution is 2.41. The van der Waals surface area contributed by atoms with Crippen LogP contribution < -0.4 is 5.32 Å². The minimum absolute atomic E-state index is 0.0390. The lowest BCUT2D eigenvalue weighted by molar-refractivity contribution is 0.0932. The standard InChI is InChI=1S/C22H22N8O2/c1-2-12-8-13(25-22(31)16-10-15(26-27-16)18-4-3-7-32-18)9-14(12)21-29-28-19-11-24-20-17(30(19)21)5-6-23-20/h3-7,10-14,23H,2,8-9H2,1H3,(H,25,31)(H,26,27)/t12-,13+,14+/m1/s1. The first kappa shape index (κ1) is 18.8. The highest BCUT2D eigenvalue weighted by Gasteiger charge is 2.38. The molecule has 5 heterocycles. The third kappa shape index (κ3) is 2.98. The van der Waals surface area contributed by atoms with Crippen LogP contribution in [0.25, 0.3) is 28.3 Å². The molecule has 162 valence electrons. The van der Waals surface area contributed by atoms with Crippen LogP contribution in [0.4, 0.5) is 0 Å². The van der Waals surface area contributed by atoms with Crippen LogP contribution >= 0.6 is 0 Å². The van der Waals surface area contributed by atoms with Crippen LogP contribution in [0.2, 0.25) is 0 Å². The first-order chi connectivity index (χ1) is 15.7. The monoisotopic (exact) mass is 430 g/mol. The lowest BCUT2D eigenvalue weighted by atomic mass is 9.93. The van der Waals surface area contributed by atoms with Gasteiger partial charge in [0.15, 0.2) is 22.7 Å². The van der Waals surface area contributed by atoms with Gasteiger partial charge in [0.05, 0.1) is 18.0 Å². The maximum Gasteiger partial charge on any atom is 0.272 e. The van der Waals surface area contributed by atoms with Gasteiger partial charge in [-0.25, -0.2) is 4.98 Å². The van der Waals surface area contributed by atoms with Gasteiger partial charge in [0, 0.05) is 24.2 Å². The van der Waals surface area contributed by atoms with E-state index < -0.39 is 0 Å². The molecule has 0 spiro atoms. The fourth-order valence-corrected chi connectivity index (χ4v) is 4.90. The number of hydrogen-bond donors (Lipinski definition) is 3. The van der Waals surface area contributed by atoms with E-state index in [1.165, 1.54) is 0 Å². The maximum absolute atomic E-state index is 12.9. The van der Waals surface area contributed by atoms with E-state index in [1.54, 1.807) is 24.6 Å². The Morgan fingerprint density at radius 2 is 2.25 bits per heavy atom. The van der Waals surface area contributed by atoms with Crippen molar-refractivity contribution < 1.29 is 9.21 Å². The normalized spacial score (nSPS) is 21.0. The van der Waals surface area contributed by atoms with E-state index >= 15 is 0 Å². The van der Waals surface area contributed by atoms with Crippen molar-refractivity contribution >= 4 is 22.7 Å². The summed E-state index contributed by atoms with van der Waals surface area (Å²) in [5.74, 6) is 1.97. The lowest BCUT2D eigenvalue weighted by Gasteiger charge is -2.15. The molecule has 10 heteroatoms. The highest BCUT2D eigenvalue weighted by atomic mass is 16.3. The Balaban J connectivity index is 1.24. The first-order valence-corrected chi connectivity index (χ1v) is 10.8. The SMILES string of the molecule is CC[C@@H]1C[C@H](NC(=O)c2cc(-c3ccco3)[nH]n2)C[C@@H]1c1nnc2cnc3[nH]ccc3n12. The summed E-state index contributed by atoms with van der Waals surface area (Å²) in [5.41, 5.74) is 3.53. The molecular weight excluding hydrogens is 408 g/mol. The fraction of sp³-hybridized carbons (Fsp3) is 0.318. The molecule has 1 amide bonds. The molecule has 0 aliphatic heterocycles. The van der Waals surface area contributed by atoms with Gasteiger partial charge in [0.1, 0.15) is 11.5 Å². The quantitative estimate of drug-likeness (QED) is 0.392. The molecule has 5 aromatic heterocycles. The van der Waals surface area contributed by atoms with Crippen molar-refractivity contribution in [3.8, 4) is 11.5 Å². The van der Waals surface area contributed by atoms with Crippen molar-refractivity contribution in [1.29, 1.82) is 0 Å². The zero-order valence-electron chi connectivity index (χ0n) is 17.4. The minimum Gasteiger partial charge on any atom is -0.463 e. The number of aromatic nitrogens is 7. The summed E-state index contributed by atoms with van der Waals surface area (Å²) in [7, 11) is 0. The zero-order chi connectivity index (χ0) is 21.7. The Morgan fingerprint density at radius 1 is 1.31 bits per heavy atom. The summed E-state index contributed by atoms with van der Waals surface area (Å²) in [5, 5.41) is 19.1. The third-order valence-corrected chi connectivity index (χ3v) is 6.45. The van der Waals surface area contributed by atoms with Gasteiger partial charge in [-0.15, -0.1) is 10.2 Å². The van der Waals surface area contributed by atoms with Crippen LogP contribution in [-0.4, -0.2) is 46.7 Å². The molecular formula is C22H22N8O2. The maximum atomic E-state index is 12.9. The summed E-state index contributed by atoms with van der Waals surface area (Å²) in [6, 6.07) is 7.36. The topological polar surface area (TPSA) is 130 Å². The predicted molar refractivity (Wildman–Crippen MR) is 116 cm³/mol. The molecule has 32 heavy (non-hydrogen) atoms. The smallest absolute Gasteiger partial charge is 0.272 e. The Kier molecular flexibility index (Phi) is 4.30. The molecule has 6 rings (SSSR count). The summed E-state index contributed by atoms with van der Waals surface area (Å²) < 4.78 is 7.45. The number of amides is 1. The zero-order valence-corrected chi connectivity index (χ0v) is 17.4. The number of rotatable bonds is 5. The Bertz CT molecular complexity index is 1400. The molecule has 3 N–H and O–H groups in total. The molecule has 1 aliphatic rings. The summed E-state index contributed by atoms with van der Waals surface area (Å²) in [4.78, 5) is 20.4. The van der Waals surface area contributed by atoms with E-state index in [4.69, 9.17) is 4.42 Å². The fourth-order valence-electron chi connectivity index (χ4n) is 4.90. The molecule has 0 bridgehead atoms. The molecule has 1 aliphatic carbocycles. The van der Waals surface area contributed by atoms with E-state index in [-0.39, 0.29) is 17.9 Å². The Labute approximate surface area is 182 Å². The minimum atomic E-state index is -0.192. The van der Waals surface area contributed by atoms with Crippen molar-refractivity contribution in [3.63, 3.8) is 0 Å². The van der Waals surface area contributed by atoms with Gasteiger partial charge in [-0.05, 0) is 37.0 Å². The lowest BCUT2D eigenvalue weighted by Crippen LogP contribution is -2.33. The molecule has 0 radical (unpaired) electrons. The third-order valence-electron chi connectivity index (χ3n) is 6.45. The number of carbonyl (C=O) groups excluding carboxylic acids is 1. The van der Waals surface area contributed by atoms with Crippen LogP contribution in [0.15, 0.2) is 47.3 Å². The van der Waals surface area contributed by atoms with E-state index in [0.717, 1.165) is 41.9 Å². The number of hydrogen-bond acceptors (Lipinski definition) is 6. The van der Waals surface area contributed by atoms with E-state index in [9.17, 15) is 4.79 Å². The molecule has 0 saturated heterocycles. The second-order valence-electron chi connectivity index (χ2n) is 8.28. The first-order valence-electron chi connectivity index (χ1n) is 10.8. The number of H-pyrrole nitrogens is 2. The van der Waals surface area contributed by atoms with Crippen molar-refractivity contribution in [2.45, 2.75) is 38.1 Å². The van der Waals surface area contributed by atoms with Gasteiger partial charge >= 0.3 is 0 Å². The Morgan fingerprint density at radius 3 is 3.09 bits per heavy atom. The van der Waals surface area contributed by atoms with Gasteiger partial charge in [-0.2, -0.15) is 5.10 Å². The number of aromatic amines is 2.